The highest BCUT2D eigenvalue weighted by Gasteiger charge is 2.29. The second-order valence-electron chi connectivity index (χ2n) is 5.06. The second kappa shape index (κ2) is 5.76. The molecule has 4 nitrogen and oxygen atoms in total. The van der Waals surface area contributed by atoms with Gasteiger partial charge in [0.1, 0.15) is 5.69 Å². The molecule has 1 rings (SSSR count). The van der Waals surface area contributed by atoms with Crippen molar-refractivity contribution in [3.63, 3.8) is 0 Å². The van der Waals surface area contributed by atoms with E-state index in [1.807, 2.05) is 32.3 Å². The highest BCUT2D eigenvalue weighted by atomic mass is 35.5. The Morgan fingerprint density at radius 3 is 2.67 bits per heavy atom. The number of nitrogens with one attached hydrogen (secondary N) is 1. The van der Waals surface area contributed by atoms with Crippen molar-refractivity contribution in [1.82, 2.24) is 9.88 Å². The van der Waals surface area contributed by atoms with Gasteiger partial charge in [-0.3, -0.25) is 4.79 Å². The summed E-state index contributed by atoms with van der Waals surface area (Å²) in [5, 5.41) is 3.57. The Morgan fingerprint density at radius 2 is 2.22 bits per heavy atom. The molecule has 0 aromatic carbocycles. The number of nitrogens with two attached hydrogens (primary N) is 1. The van der Waals surface area contributed by atoms with E-state index in [1.165, 1.54) is 0 Å². The zero-order valence-corrected chi connectivity index (χ0v) is 12.2. The van der Waals surface area contributed by atoms with Crippen LogP contribution < -0.4 is 11.1 Å². The minimum atomic E-state index is -0.410. The Bertz CT molecular complexity index is 428. The number of halogens is 1. The number of amides is 1. The molecule has 0 fully saturated rings. The van der Waals surface area contributed by atoms with Gasteiger partial charge < -0.3 is 15.6 Å². The van der Waals surface area contributed by atoms with Crippen LogP contribution in [-0.2, 0) is 6.54 Å². The Kier molecular flexibility index (Phi) is 4.82. The average Bonchev–Trinajstić information content (AvgIpc) is 2.70. The van der Waals surface area contributed by atoms with E-state index in [4.69, 9.17) is 17.3 Å². The summed E-state index contributed by atoms with van der Waals surface area (Å²) in [6.45, 7) is 9.11. The van der Waals surface area contributed by atoms with Gasteiger partial charge in [0.05, 0.1) is 10.6 Å². The summed E-state index contributed by atoms with van der Waals surface area (Å²) in [5.74, 6) is 0.123. The van der Waals surface area contributed by atoms with Gasteiger partial charge in [-0.2, -0.15) is 0 Å². The third-order valence-corrected chi connectivity index (χ3v) is 3.74. The highest BCUT2D eigenvalue weighted by Crippen LogP contribution is 2.18. The molecule has 0 saturated carbocycles. The molecule has 1 heterocycles. The first-order chi connectivity index (χ1) is 8.34. The highest BCUT2D eigenvalue weighted by molar-refractivity contribution is 6.31. The lowest BCUT2D eigenvalue weighted by molar-refractivity contribution is 0.0873. The topological polar surface area (TPSA) is 60.0 Å². The molecule has 1 unspecified atom stereocenters. The molecular formula is C13H22ClN3O. The van der Waals surface area contributed by atoms with Gasteiger partial charge in [0.15, 0.2) is 0 Å². The zero-order chi connectivity index (χ0) is 13.9. The normalized spacial score (nSPS) is 14.6. The number of carbonyl (C=O) groups is 1. The molecule has 1 atom stereocenters. The number of hydrogen-bond acceptors (Lipinski definition) is 2. The van der Waals surface area contributed by atoms with Crippen molar-refractivity contribution < 1.29 is 4.79 Å². The summed E-state index contributed by atoms with van der Waals surface area (Å²) in [5.41, 5.74) is 5.92. The van der Waals surface area contributed by atoms with E-state index < -0.39 is 5.54 Å². The lowest BCUT2D eigenvalue weighted by atomic mass is 9.88. The van der Waals surface area contributed by atoms with Crippen LogP contribution in [0.15, 0.2) is 12.3 Å². The third kappa shape index (κ3) is 3.06. The predicted octanol–water partition coefficient (Wildman–Crippen LogP) is 2.26. The van der Waals surface area contributed by atoms with Crippen molar-refractivity contribution in [2.45, 2.75) is 39.8 Å². The van der Waals surface area contributed by atoms with Gasteiger partial charge in [-0.1, -0.05) is 25.4 Å². The van der Waals surface area contributed by atoms with Crippen molar-refractivity contribution >= 4 is 17.5 Å². The Labute approximate surface area is 113 Å². The van der Waals surface area contributed by atoms with E-state index in [9.17, 15) is 4.79 Å². The Hall–Kier alpha value is -1.00. The van der Waals surface area contributed by atoms with Crippen LogP contribution in [0, 0.1) is 5.92 Å². The first-order valence-corrected chi connectivity index (χ1v) is 6.60. The smallest absolute Gasteiger partial charge is 0.268 e. The van der Waals surface area contributed by atoms with Gasteiger partial charge in [-0.25, -0.2) is 0 Å². The van der Waals surface area contributed by atoms with Gasteiger partial charge >= 0.3 is 0 Å². The van der Waals surface area contributed by atoms with E-state index in [2.05, 4.69) is 5.32 Å². The maximum absolute atomic E-state index is 12.3. The summed E-state index contributed by atoms with van der Waals surface area (Å²) in [6, 6.07) is 1.68. The Morgan fingerprint density at radius 1 is 1.61 bits per heavy atom. The predicted molar refractivity (Wildman–Crippen MR) is 74.9 cm³/mol. The minimum absolute atomic E-state index is 0.134. The average molecular weight is 272 g/mol. The Balaban J connectivity index is 2.94. The molecule has 102 valence electrons. The first-order valence-electron chi connectivity index (χ1n) is 6.22. The van der Waals surface area contributed by atoms with Gasteiger partial charge in [0.25, 0.3) is 5.91 Å². The largest absolute Gasteiger partial charge is 0.344 e. The van der Waals surface area contributed by atoms with Crippen molar-refractivity contribution in [2.24, 2.45) is 11.7 Å². The monoisotopic (exact) mass is 271 g/mol. The van der Waals surface area contributed by atoms with Crippen LogP contribution in [-0.4, -0.2) is 22.6 Å². The number of aromatic nitrogens is 1. The van der Waals surface area contributed by atoms with Crippen molar-refractivity contribution in [3.8, 4) is 0 Å². The molecule has 0 radical (unpaired) electrons. The van der Waals surface area contributed by atoms with Crippen LogP contribution in [0.4, 0.5) is 0 Å². The van der Waals surface area contributed by atoms with Gasteiger partial charge in [0.2, 0.25) is 0 Å². The standard InChI is InChI=1S/C13H22ClN3O/c1-5-17-7-10(14)6-11(17)12(18)16-13(4,8-15)9(2)3/h6-7,9H,5,8,15H2,1-4H3,(H,16,18). The summed E-state index contributed by atoms with van der Waals surface area (Å²) >= 11 is 5.93. The fraction of sp³-hybridized carbons (Fsp3) is 0.615. The lowest BCUT2D eigenvalue weighted by Gasteiger charge is -2.33. The first kappa shape index (κ1) is 15.1. The molecule has 0 spiro atoms. The van der Waals surface area contributed by atoms with Crippen LogP contribution in [0.25, 0.3) is 0 Å². The molecule has 0 bridgehead atoms. The van der Waals surface area contributed by atoms with Crippen LogP contribution in [0.3, 0.4) is 0 Å². The SMILES string of the molecule is CCn1cc(Cl)cc1C(=O)NC(C)(CN)C(C)C. The summed E-state index contributed by atoms with van der Waals surface area (Å²) < 4.78 is 1.83. The molecule has 0 aliphatic rings. The molecule has 5 heteroatoms. The molecule has 0 aliphatic carbocycles. The molecule has 1 aromatic rings. The molecular weight excluding hydrogens is 250 g/mol. The second-order valence-corrected chi connectivity index (χ2v) is 5.50. The van der Waals surface area contributed by atoms with E-state index in [0.29, 0.717) is 23.8 Å². The molecule has 1 aromatic heterocycles. The maximum Gasteiger partial charge on any atom is 0.268 e. The number of carbonyl (C=O) groups excluding carboxylic acids is 1. The van der Waals surface area contributed by atoms with Crippen LogP contribution in [0.2, 0.25) is 5.02 Å². The quantitative estimate of drug-likeness (QED) is 0.863. The van der Waals surface area contributed by atoms with E-state index in [-0.39, 0.29) is 11.8 Å². The summed E-state index contributed by atoms with van der Waals surface area (Å²) in [6.07, 6.45) is 1.76. The van der Waals surface area contributed by atoms with Crippen LogP contribution >= 0.6 is 11.6 Å². The van der Waals surface area contributed by atoms with Gasteiger partial charge in [-0.05, 0) is 25.8 Å². The zero-order valence-electron chi connectivity index (χ0n) is 11.5. The minimum Gasteiger partial charge on any atom is -0.344 e. The molecule has 0 saturated heterocycles. The van der Waals surface area contributed by atoms with Crippen molar-refractivity contribution in [1.29, 1.82) is 0 Å². The summed E-state index contributed by atoms with van der Waals surface area (Å²) in [4.78, 5) is 12.3. The number of aryl methyl sites for hydroxylation is 1. The van der Waals surface area contributed by atoms with Gasteiger partial charge in [-0.15, -0.1) is 0 Å². The fourth-order valence-corrected chi connectivity index (χ4v) is 1.90. The van der Waals surface area contributed by atoms with E-state index >= 15 is 0 Å². The van der Waals surface area contributed by atoms with Crippen LogP contribution in [0.5, 0.6) is 0 Å². The maximum atomic E-state index is 12.3. The molecule has 3 N–H and O–H groups in total. The fourth-order valence-electron chi connectivity index (χ4n) is 1.68. The number of rotatable bonds is 5. The third-order valence-electron chi connectivity index (χ3n) is 3.53. The number of hydrogen-bond donors (Lipinski definition) is 2. The lowest BCUT2D eigenvalue weighted by Crippen LogP contribution is -2.55. The molecule has 1 amide bonds. The molecule has 0 aliphatic heterocycles. The van der Waals surface area contributed by atoms with E-state index in [0.717, 1.165) is 0 Å². The van der Waals surface area contributed by atoms with E-state index in [1.54, 1.807) is 12.3 Å². The number of nitrogens with zero attached hydrogens (tertiary/aromatic N) is 1. The van der Waals surface area contributed by atoms with Crippen molar-refractivity contribution in [3.05, 3.63) is 23.0 Å². The van der Waals surface area contributed by atoms with Gasteiger partial charge in [0, 0.05) is 19.3 Å². The van der Waals surface area contributed by atoms with Crippen molar-refractivity contribution in [2.75, 3.05) is 6.54 Å². The molecule has 18 heavy (non-hydrogen) atoms. The van der Waals surface area contributed by atoms with Crippen LogP contribution in [0.1, 0.15) is 38.2 Å². The summed E-state index contributed by atoms with van der Waals surface area (Å²) in [7, 11) is 0.